The van der Waals surface area contributed by atoms with Gasteiger partial charge in [-0.3, -0.25) is 9.89 Å². The first-order chi connectivity index (χ1) is 15.0. The molecule has 3 aromatic rings. The van der Waals surface area contributed by atoms with Crippen LogP contribution in [0.1, 0.15) is 65.5 Å². The van der Waals surface area contributed by atoms with Crippen LogP contribution in [0.4, 0.5) is 0 Å². The highest BCUT2D eigenvalue weighted by molar-refractivity contribution is 6.00. The van der Waals surface area contributed by atoms with E-state index in [2.05, 4.69) is 17.1 Å². The van der Waals surface area contributed by atoms with Crippen LogP contribution in [0, 0.1) is 13.8 Å². The van der Waals surface area contributed by atoms with E-state index in [1.54, 1.807) is 0 Å². The van der Waals surface area contributed by atoms with Crippen LogP contribution in [0.15, 0.2) is 36.4 Å². The summed E-state index contributed by atoms with van der Waals surface area (Å²) in [6.07, 6.45) is 1.91. The van der Waals surface area contributed by atoms with Crippen LogP contribution in [-0.4, -0.2) is 39.3 Å². The minimum Gasteiger partial charge on any atom is -0.507 e. The lowest BCUT2D eigenvalue weighted by Crippen LogP contribution is -2.30. The van der Waals surface area contributed by atoms with Gasteiger partial charge in [0.15, 0.2) is 0 Å². The van der Waals surface area contributed by atoms with Crippen molar-refractivity contribution in [2.45, 2.75) is 46.6 Å². The molecule has 2 heterocycles. The number of carbonyl (C=O) groups excluding carboxylic acids is 1. The van der Waals surface area contributed by atoms with Gasteiger partial charge in [0.25, 0.3) is 5.91 Å². The monoisotopic (exact) mass is 419 g/mol. The Morgan fingerprint density at radius 1 is 1.16 bits per heavy atom. The highest BCUT2D eigenvalue weighted by Crippen LogP contribution is 2.45. The molecule has 1 aromatic heterocycles. The maximum Gasteiger partial charge on any atom is 0.273 e. The van der Waals surface area contributed by atoms with Crippen molar-refractivity contribution in [1.82, 2.24) is 15.1 Å². The van der Waals surface area contributed by atoms with Crippen molar-refractivity contribution in [2.75, 3.05) is 13.2 Å². The highest BCUT2D eigenvalue weighted by atomic mass is 16.5. The first-order valence-corrected chi connectivity index (χ1v) is 10.9. The minimum absolute atomic E-state index is 0.0510. The van der Waals surface area contributed by atoms with E-state index in [4.69, 9.17) is 4.74 Å². The Morgan fingerprint density at radius 3 is 2.58 bits per heavy atom. The van der Waals surface area contributed by atoms with Crippen LogP contribution < -0.4 is 4.74 Å². The van der Waals surface area contributed by atoms with Gasteiger partial charge < -0.3 is 14.7 Å². The predicted octanol–water partition coefficient (Wildman–Crippen LogP) is 5.14. The molecule has 0 fully saturated rings. The molecule has 1 aliphatic heterocycles. The number of rotatable bonds is 7. The summed E-state index contributed by atoms with van der Waals surface area (Å²) >= 11 is 0. The number of aromatic hydroxyl groups is 1. The van der Waals surface area contributed by atoms with E-state index in [1.165, 1.54) is 0 Å². The number of amides is 1. The molecule has 2 aromatic carbocycles. The van der Waals surface area contributed by atoms with Gasteiger partial charge in [0.05, 0.1) is 12.6 Å². The number of aromatic nitrogens is 2. The largest absolute Gasteiger partial charge is 0.507 e. The first-order valence-electron chi connectivity index (χ1n) is 10.9. The van der Waals surface area contributed by atoms with Crippen molar-refractivity contribution in [3.05, 3.63) is 64.3 Å². The Labute approximate surface area is 182 Å². The second kappa shape index (κ2) is 8.46. The molecule has 0 saturated carbocycles. The average Bonchev–Trinajstić information content (AvgIpc) is 3.29. The van der Waals surface area contributed by atoms with E-state index < -0.39 is 0 Å². The molecule has 1 amide bonds. The number of hydrogen-bond acceptors (Lipinski definition) is 4. The fraction of sp³-hybridized carbons (Fsp3) is 0.360. The topological polar surface area (TPSA) is 78.5 Å². The summed E-state index contributed by atoms with van der Waals surface area (Å²) in [5.41, 5.74) is 5.43. The Hall–Kier alpha value is -3.28. The van der Waals surface area contributed by atoms with E-state index in [1.807, 2.05) is 62.1 Å². The molecule has 0 spiro atoms. The van der Waals surface area contributed by atoms with Gasteiger partial charge in [0.2, 0.25) is 0 Å². The number of ether oxygens (including phenoxy) is 1. The van der Waals surface area contributed by atoms with Gasteiger partial charge in [0, 0.05) is 17.7 Å². The van der Waals surface area contributed by atoms with Crippen molar-refractivity contribution in [2.24, 2.45) is 0 Å². The van der Waals surface area contributed by atoms with Gasteiger partial charge in [-0.25, -0.2) is 0 Å². The number of nitrogens with one attached hydrogen (secondary N) is 1. The Bertz CT molecular complexity index is 1100. The molecule has 162 valence electrons. The van der Waals surface area contributed by atoms with Crippen molar-refractivity contribution < 1.29 is 14.6 Å². The average molecular weight is 420 g/mol. The summed E-state index contributed by atoms with van der Waals surface area (Å²) in [5, 5.41) is 18.2. The van der Waals surface area contributed by atoms with Crippen LogP contribution in [-0.2, 0) is 0 Å². The molecule has 1 unspecified atom stereocenters. The zero-order valence-electron chi connectivity index (χ0n) is 18.5. The maximum atomic E-state index is 13.3. The van der Waals surface area contributed by atoms with E-state index in [-0.39, 0.29) is 17.7 Å². The molecule has 0 bridgehead atoms. The molecule has 1 aliphatic rings. The molecular weight excluding hydrogens is 390 g/mol. The molecule has 0 aliphatic carbocycles. The van der Waals surface area contributed by atoms with Crippen LogP contribution in [0.2, 0.25) is 0 Å². The number of phenolic OH excluding ortho intramolecular Hbond substituents is 1. The van der Waals surface area contributed by atoms with Gasteiger partial charge >= 0.3 is 0 Å². The SMILES string of the molecule is CCCCN1C(=O)c2[nH]nc(-c3cc(C)cc(C)c3O)c2C1c1ccc(OCC)cc1. The van der Waals surface area contributed by atoms with Crippen LogP contribution >= 0.6 is 0 Å². The first kappa shape index (κ1) is 21.0. The van der Waals surface area contributed by atoms with Crippen LogP contribution in [0.3, 0.4) is 0 Å². The lowest BCUT2D eigenvalue weighted by atomic mass is 9.94. The predicted molar refractivity (Wildman–Crippen MR) is 121 cm³/mol. The quantitative estimate of drug-likeness (QED) is 0.556. The van der Waals surface area contributed by atoms with E-state index in [0.717, 1.165) is 40.8 Å². The molecule has 31 heavy (non-hydrogen) atoms. The van der Waals surface area contributed by atoms with Gasteiger partial charge in [-0.15, -0.1) is 0 Å². The summed E-state index contributed by atoms with van der Waals surface area (Å²) in [6, 6.07) is 11.5. The number of benzene rings is 2. The zero-order chi connectivity index (χ0) is 22.1. The summed E-state index contributed by atoms with van der Waals surface area (Å²) in [4.78, 5) is 15.2. The summed E-state index contributed by atoms with van der Waals surface area (Å²) < 4.78 is 5.59. The molecule has 0 radical (unpaired) electrons. The van der Waals surface area contributed by atoms with Gasteiger partial charge in [0.1, 0.15) is 22.9 Å². The van der Waals surface area contributed by atoms with Crippen molar-refractivity contribution in [1.29, 1.82) is 0 Å². The standard InChI is InChI=1S/C25H29N3O3/c1-5-7-12-28-23(17-8-10-18(11-9-17)31-6-2)20-21(26-27-22(20)25(28)30)19-14-15(3)13-16(4)24(19)29/h8-11,13-14,23,29H,5-7,12H2,1-4H3,(H,26,27). The number of hydrogen-bond donors (Lipinski definition) is 2. The second-order valence-corrected chi connectivity index (χ2v) is 8.10. The van der Waals surface area contributed by atoms with Gasteiger partial charge in [-0.05, 0) is 62.1 Å². The lowest BCUT2D eigenvalue weighted by Gasteiger charge is -2.26. The summed E-state index contributed by atoms with van der Waals surface area (Å²) in [7, 11) is 0. The van der Waals surface area contributed by atoms with Crippen molar-refractivity contribution >= 4 is 5.91 Å². The Balaban J connectivity index is 1.86. The number of aromatic amines is 1. The molecule has 6 nitrogen and oxygen atoms in total. The third-order valence-electron chi connectivity index (χ3n) is 5.82. The number of nitrogens with zero attached hydrogens (tertiary/aromatic N) is 2. The Kier molecular flexibility index (Phi) is 5.72. The van der Waals surface area contributed by atoms with Crippen LogP contribution in [0.25, 0.3) is 11.3 Å². The van der Waals surface area contributed by atoms with E-state index in [9.17, 15) is 9.90 Å². The van der Waals surface area contributed by atoms with Gasteiger partial charge in [-0.1, -0.05) is 31.5 Å². The summed E-state index contributed by atoms with van der Waals surface area (Å²) in [6.45, 7) is 9.20. The number of unbranched alkanes of at least 4 members (excludes halogenated alkanes) is 1. The Morgan fingerprint density at radius 2 is 1.90 bits per heavy atom. The fourth-order valence-electron chi connectivity index (χ4n) is 4.36. The molecule has 4 rings (SSSR count). The number of aryl methyl sites for hydroxylation is 2. The molecule has 0 saturated heterocycles. The third kappa shape index (κ3) is 3.67. The normalized spacial score (nSPS) is 15.4. The van der Waals surface area contributed by atoms with E-state index >= 15 is 0 Å². The molecule has 1 atom stereocenters. The fourth-order valence-corrected chi connectivity index (χ4v) is 4.36. The van der Waals surface area contributed by atoms with Gasteiger partial charge in [-0.2, -0.15) is 5.10 Å². The number of carbonyl (C=O) groups is 1. The minimum atomic E-state index is -0.265. The molecular formula is C25H29N3O3. The molecule has 6 heteroatoms. The van der Waals surface area contributed by atoms with Crippen molar-refractivity contribution in [3.8, 4) is 22.8 Å². The smallest absolute Gasteiger partial charge is 0.273 e. The third-order valence-corrected chi connectivity index (χ3v) is 5.82. The van der Waals surface area contributed by atoms with E-state index in [0.29, 0.717) is 30.1 Å². The lowest BCUT2D eigenvalue weighted by molar-refractivity contribution is 0.0741. The number of phenols is 1. The summed E-state index contributed by atoms with van der Waals surface area (Å²) in [5.74, 6) is 0.949. The number of H-pyrrole nitrogens is 1. The highest BCUT2D eigenvalue weighted by Gasteiger charge is 2.42. The van der Waals surface area contributed by atoms with Crippen molar-refractivity contribution in [3.63, 3.8) is 0 Å². The maximum absolute atomic E-state index is 13.3. The van der Waals surface area contributed by atoms with Crippen LogP contribution in [0.5, 0.6) is 11.5 Å². The zero-order valence-corrected chi connectivity index (χ0v) is 18.5. The number of fused-ring (bicyclic) bond motifs is 1. The molecule has 2 N–H and O–H groups in total. The second-order valence-electron chi connectivity index (χ2n) is 8.10.